The van der Waals surface area contributed by atoms with E-state index >= 15 is 0 Å². The monoisotopic (exact) mass is 273 g/mol. The van der Waals surface area contributed by atoms with E-state index in [-0.39, 0.29) is 17.3 Å². The van der Waals surface area contributed by atoms with Crippen molar-refractivity contribution in [1.82, 2.24) is 0 Å². The van der Waals surface area contributed by atoms with Crippen molar-refractivity contribution >= 4 is 32.9 Å². The maximum atomic E-state index is 10.8. The van der Waals surface area contributed by atoms with Gasteiger partial charge in [-0.05, 0) is 19.1 Å². The maximum Gasteiger partial charge on any atom is 0.210 e. The molecule has 0 aliphatic rings. The van der Waals surface area contributed by atoms with Gasteiger partial charge in [0.1, 0.15) is 4.99 Å². The first-order chi connectivity index (χ1) is 7.79. The van der Waals surface area contributed by atoms with E-state index in [9.17, 15) is 8.42 Å². The first-order valence-electron chi connectivity index (χ1n) is 4.94. The molecule has 17 heavy (non-hydrogen) atoms. The predicted molar refractivity (Wildman–Crippen MR) is 73.5 cm³/mol. The summed E-state index contributed by atoms with van der Waals surface area (Å²) >= 11 is 4.93. The van der Waals surface area contributed by atoms with Gasteiger partial charge >= 0.3 is 0 Å². The maximum absolute atomic E-state index is 10.8. The average molecular weight is 273 g/mol. The van der Waals surface area contributed by atoms with Crippen molar-refractivity contribution in [3.05, 3.63) is 29.3 Å². The van der Waals surface area contributed by atoms with Crippen molar-refractivity contribution in [3.63, 3.8) is 0 Å². The van der Waals surface area contributed by atoms with Crippen LogP contribution in [0.5, 0.6) is 0 Å². The molecule has 1 aromatic rings. The van der Waals surface area contributed by atoms with E-state index in [1.54, 1.807) is 0 Å². The summed E-state index contributed by atoms with van der Waals surface area (Å²) < 4.78 is 21.6. The van der Waals surface area contributed by atoms with Crippen LogP contribution in [0.15, 0.2) is 18.2 Å². The lowest BCUT2D eigenvalue weighted by molar-refractivity contribution is 0.598. The summed E-state index contributed by atoms with van der Waals surface area (Å²) in [7, 11) is -3.46. The van der Waals surface area contributed by atoms with Gasteiger partial charge in [-0.1, -0.05) is 23.8 Å². The van der Waals surface area contributed by atoms with Crippen LogP contribution in [0.4, 0.5) is 5.69 Å². The van der Waals surface area contributed by atoms with Gasteiger partial charge in [-0.15, -0.1) is 0 Å². The number of anilines is 1. The Morgan fingerprint density at radius 1 is 1.47 bits per heavy atom. The third kappa shape index (κ3) is 4.68. The summed E-state index contributed by atoms with van der Waals surface area (Å²) in [5.41, 5.74) is 8.04. The minimum absolute atomic E-state index is 0.141. The Hall–Kier alpha value is -1.18. The molecule has 0 aromatic heterocycles. The number of rotatable bonds is 5. The molecule has 0 saturated carbocycles. The van der Waals surface area contributed by atoms with Crippen molar-refractivity contribution < 1.29 is 8.42 Å². The lowest BCUT2D eigenvalue weighted by Crippen LogP contribution is -2.23. The van der Waals surface area contributed by atoms with Crippen LogP contribution >= 0.6 is 12.2 Å². The van der Waals surface area contributed by atoms with Crippen LogP contribution in [0.3, 0.4) is 0 Å². The molecule has 1 aromatic carbocycles. The van der Waals surface area contributed by atoms with Gasteiger partial charge in [-0.2, -0.15) is 0 Å². The van der Waals surface area contributed by atoms with Crippen LogP contribution in [0.25, 0.3) is 0 Å². The van der Waals surface area contributed by atoms with Crippen molar-refractivity contribution in [3.8, 4) is 0 Å². The lowest BCUT2D eigenvalue weighted by Gasteiger charge is -2.11. The first kappa shape index (κ1) is 13.9. The molecule has 5 N–H and O–H groups in total. The number of nitrogens with two attached hydrogens (primary N) is 2. The molecule has 0 fully saturated rings. The Morgan fingerprint density at radius 2 is 2.12 bits per heavy atom. The molecule has 0 aliphatic heterocycles. The van der Waals surface area contributed by atoms with Gasteiger partial charge in [0, 0.05) is 17.8 Å². The molecule has 0 bridgehead atoms. The Bertz CT molecular complexity index is 526. The van der Waals surface area contributed by atoms with Crippen LogP contribution in [0.1, 0.15) is 11.1 Å². The number of thiocarbonyl (C=S) groups is 1. The van der Waals surface area contributed by atoms with E-state index in [1.807, 2.05) is 25.1 Å². The SMILES string of the molecule is Cc1ccc(NCCS(N)(=O)=O)c(C(N)=S)c1. The molecule has 0 amide bonds. The van der Waals surface area contributed by atoms with E-state index in [0.29, 0.717) is 11.3 Å². The quantitative estimate of drug-likeness (QED) is 0.672. The van der Waals surface area contributed by atoms with E-state index in [1.165, 1.54) is 0 Å². The summed E-state index contributed by atoms with van der Waals surface area (Å²) in [5.74, 6) is -0.141. The van der Waals surface area contributed by atoms with Gasteiger partial charge in [-0.25, -0.2) is 13.6 Å². The highest BCUT2D eigenvalue weighted by molar-refractivity contribution is 7.89. The molecule has 0 atom stereocenters. The fourth-order valence-corrected chi connectivity index (χ4v) is 1.90. The van der Waals surface area contributed by atoms with Crippen molar-refractivity contribution in [1.29, 1.82) is 0 Å². The third-order valence-corrected chi connectivity index (χ3v) is 3.14. The van der Waals surface area contributed by atoms with Gasteiger partial charge in [-0.3, -0.25) is 0 Å². The summed E-state index contributed by atoms with van der Waals surface area (Å²) in [5, 5.41) is 7.86. The van der Waals surface area contributed by atoms with Crippen LogP contribution in [0, 0.1) is 6.92 Å². The first-order valence-corrected chi connectivity index (χ1v) is 7.07. The topological polar surface area (TPSA) is 98.2 Å². The fraction of sp³-hybridized carbons (Fsp3) is 0.300. The van der Waals surface area contributed by atoms with E-state index in [2.05, 4.69) is 5.32 Å². The number of sulfonamides is 1. The van der Waals surface area contributed by atoms with Crippen molar-refractivity contribution in [2.45, 2.75) is 6.92 Å². The van der Waals surface area contributed by atoms with Crippen LogP contribution < -0.4 is 16.2 Å². The average Bonchev–Trinajstić information content (AvgIpc) is 2.18. The number of benzene rings is 1. The molecule has 0 radical (unpaired) electrons. The summed E-state index contributed by atoms with van der Waals surface area (Å²) in [6.45, 7) is 2.15. The zero-order chi connectivity index (χ0) is 13.1. The Morgan fingerprint density at radius 3 is 2.65 bits per heavy atom. The predicted octanol–water partition coefficient (Wildman–Crippen LogP) is 0.330. The minimum atomic E-state index is -3.46. The lowest BCUT2D eigenvalue weighted by atomic mass is 10.1. The number of hydrogen-bond acceptors (Lipinski definition) is 4. The molecule has 94 valence electrons. The fourth-order valence-electron chi connectivity index (χ4n) is 1.34. The Kier molecular flexibility index (Phi) is 4.44. The van der Waals surface area contributed by atoms with E-state index < -0.39 is 10.0 Å². The second kappa shape index (κ2) is 5.44. The van der Waals surface area contributed by atoms with Crippen molar-refractivity contribution in [2.24, 2.45) is 10.9 Å². The van der Waals surface area contributed by atoms with Crippen LogP contribution in [0.2, 0.25) is 0 Å². The van der Waals surface area contributed by atoms with Crippen molar-refractivity contribution in [2.75, 3.05) is 17.6 Å². The number of primary sulfonamides is 1. The number of aryl methyl sites for hydroxylation is 1. The second-order valence-electron chi connectivity index (χ2n) is 3.71. The van der Waals surface area contributed by atoms with Gasteiger partial charge in [0.15, 0.2) is 0 Å². The van der Waals surface area contributed by atoms with Crippen LogP contribution in [-0.2, 0) is 10.0 Å². The molecule has 0 aliphatic carbocycles. The molecular weight excluding hydrogens is 258 g/mol. The highest BCUT2D eigenvalue weighted by Crippen LogP contribution is 2.17. The molecule has 0 spiro atoms. The Balaban J connectivity index is 2.81. The molecular formula is C10H15N3O2S2. The zero-order valence-electron chi connectivity index (χ0n) is 9.43. The Labute approximate surface area is 106 Å². The number of nitrogens with one attached hydrogen (secondary N) is 1. The minimum Gasteiger partial charge on any atom is -0.389 e. The summed E-state index contributed by atoms with van der Waals surface area (Å²) in [6, 6.07) is 5.55. The van der Waals surface area contributed by atoms with E-state index in [4.69, 9.17) is 23.1 Å². The molecule has 7 heteroatoms. The summed E-state index contributed by atoms with van der Waals surface area (Å²) in [4.78, 5) is 0.270. The van der Waals surface area contributed by atoms with E-state index in [0.717, 1.165) is 5.56 Å². The molecule has 0 unspecified atom stereocenters. The van der Waals surface area contributed by atoms with Gasteiger partial charge in [0.2, 0.25) is 10.0 Å². The summed E-state index contributed by atoms with van der Waals surface area (Å²) in [6.07, 6.45) is 0. The number of hydrogen-bond donors (Lipinski definition) is 3. The molecule has 0 saturated heterocycles. The third-order valence-electron chi connectivity index (χ3n) is 2.14. The van der Waals surface area contributed by atoms with Crippen LogP contribution in [-0.4, -0.2) is 25.7 Å². The zero-order valence-corrected chi connectivity index (χ0v) is 11.1. The molecule has 1 rings (SSSR count). The largest absolute Gasteiger partial charge is 0.389 e. The standard InChI is InChI=1S/C10H15N3O2S2/c1-7-2-3-9(8(6-7)10(11)16)13-4-5-17(12,14)15/h2-3,6,13H,4-5H2,1H3,(H2,11,16)(H2,12,14,15). The molecule has 5 nitrogen and oxygen atoms in total. The van der Waals surface area contributed by atoms with Gasteiger partial charge < -0.3 is 11.1 Å². The van der Waals surface area contributed by atoms with Gasteiger partial charge in [0.25, 0.3) is 0 Å². The highest BCUT2D eigenvalue weighted by Gasteiger charge is 2.07. The molecule has 0 heterocycles. The highest BCUT2D eigenvalue weighted by atomic mass is 32.2. The second-order valence-corrected chi connectivity index (χ2v) is 5.88. The van der Waals surface area contributed by atoms with Gasteiger partial charge in [0.05, 0.1) is 5.75 Å². The smallest absolute Gasteiger partial charge is 0.210 e. The normalized spacial score (nSPS) is 11.2.